The van der Waals surface area contributed by atoms with Crippen LogP contribution in [0, 0.1) is 0 Å². The molecule has 12 heteroatoms. The van der Waals surface area contributed by atoms with Crippen LogP contribution in [0.15, 0.2) is 18.2 Å². The van der Waals surface area contributed by atoms with Crippen LogP contribution in [0.25, 0.3) is 0 Å². The van der Waals surface area contributed by atoms with Crippen molar-refractivity contribution in [2.75, 3.05) is 30.2 Å². The van der Waals surface area contributed by atoms with Crippen molar-refractivity contribution in [1.29, 1.82) is 0 Å². The zero-order valence-corrected chi connectivity index (χ0v) is 22.3. The highest BCUT2D eigenvalue weighted by atomic mass is 32.2. The van der Waals surface area contributed by atoms with Gasteiger partial charge in [-0.1, -0.05) is 31.9 Å². The Morgan fingerprint density at radius 2 is 1.89 bits per heavy atom. The van der Waals surface area contributed by atoms with Gasteiger partial charge < -0.3 is 26.0 Å². The zero-order valence-electron chi connectivity index (χ0n) is 21.5. The van der Waals surface area contributed by atoms with Gasteiger partial charge in [0, 0.05) is 30.7 Å². The summed E-state index contributed by atoms with van der Waals surface area (Å²) in [6, 6.07) is 4.88. The van der Waals surface area contributed by atoms with Crippen molar-refractivity contribution < 1.29 is 33.0 Å². The van der Waals surface area contributed by atoms with Crippen LogP contribution in [0.2, 0.25) is 0 Å². The molecule has 204 valence electrons. The van der Waals surface area contributed by atoms with E-state index in [0.717, 1.165) is 12.8 Å². The van der Waals surface area contributed by atoms with E-state index in [2.05, 4.69) is 15.3 Å². The molecule has 5 N–H and O–H groups in total. The molecule has 37 heavy (non-hydrogen) atoms. The fourth-order valence-corrected chi connectivity index (χ4v) is 4.73. The van der Waals surface area contributed by atoms with Gasteiger partial charge in [0.15, 0.2) is 0 Å². The Labute approximate surface area is 217 Å². The lowest BCUT2D eigenvalue weighted by atomic mass is 9.97. The Morgan fingerprint density at radius 1 is 1.16 bits per heavy atom. The molecular weight excluding hydrogens is 500 g/mol. The second-order valence-corrected chi connectivity index (χ2v) is 11.3. The molecule has 2 aromatic rings. The highest BCUT2D eigenvalue weighted by molar-refractivity contribution is 7.90. The second-order valence-electron chi connectivity index (χ2n) is 9.04. The summed E-state index contributed by atoms with van der Waals surface area (Å²) < 4.78 is 29.1. The SMILES string of the molecule is CCCCC(CCS(C)(=O)=O)Nc1nc(N)nc(CCC(=O)O)c1Cc1cc(CC(=O)O)ccc1OC. The van der Waals surface area contributed by atoms with Gasteiger partial charge in [-0.25, -0.2) is 13.4 Å². The van der Waals surface area contributed by atoms with Crippen LogP contribution in [0.5, 0.6) is 5.75 Å². The number of hydrogen-bond acceptors (Lipinski definition) is 9. The van der Waals surface area contributed by atoms with Crippen molar-refractivity contribution in [3.8, 4) is 5.75 Å². The van der Waals surface area contributed by atoms with Crippen molar-refractivity contribution in [1.82, 2.24) is 9.97 Å². The van der Waals surface area contributed by atoms with E-state index in [9.17, 15) is 28.2 Å². The van der Waals surface area contributed by atoms with Gasteiger partial charge in [0.2, 0.25) is 5.95 Å². The molecule has 0 fully saturated rings. The number of unbranched alkanes of at least 4 members (excludes halogenated alkanes) is 1. The maximum Gasteiger partial charge on any atom is 0.307 e. The molecule has 0 radical (unpaired) electrons. The number of aryl methyl sites for hydroxylation is 1. The number of rotatable bonds is 16. The first-order chi connectivity index (χ1) is 17.4. The predicted molar refractivity (Wildman–Crippen MR) is 141 cm³/mol. The van der Waals surface area contributed by atoms with Gasteiger partial charge in [-0.05, 0) is 30.0 Å². The standard InChI is InChI=1S/C25H36N4O7S/c1-4-5-6-18(11-12-37(3,34)35)27-24-19(20(8-10-22(30)31)28-25(26)29-24)15-17-13-16(14-23(32)33)7-9-21(17)36-2/h7,9,13,18H,4-6,8,10-12,14-15H2,1-3H3,(H,30,31)(H,32,33)(H3,26,27,28,29). The number of nitrogen functional groups attached to an aromatic ring is 1. The van der Waals surface area contributed by atoms with Crippen molar-refractivity contribution in [2.24, 2.45) is 0 Å². The topological polar surface area (TPSA) is 182 Å². The third kappa shape index (κ3) is 10.2. The Kier molecular flexibility index (Phi) is 11.1. The Morgan fingerprint density at radius 3 is 2.49 bits per heavy atom. The lowest BCUT2D eigenvalue weighted by Crippen LogP contribution is -2.25. The quantitative estimate of drug-likeness (QED) is 0.247. The van der Waals surface area contributed by atoms with Gasteiger partial charge in [0.1, 0.15) is 21.4 Å². The predicted octanol–water partition coefficient (Wildman–Crippen LogP) is 2.71. The first-order valence-electron chi connectivity index (χ1n) is 12.1. The number of carbonyl (C=O) groups is 2. The van der Waals surface area contributed by atoms with Crippen molar-refractivity contribution in [3.05, 3.63) is 40.6 Å². The van der Waals surface area contributed by atoms with Gasteiger partial charge in [0.05, 0.1) is 31.4 Å². The third-order valence-corrected chi connectivity index (χ3v) is 6.81. The minimum absolute atomic E-state index is 0.00120. The first kappa shape index (κ1) is 29.8. The number of nitrogens with two attached hydrogens (primary N) is 1. The molecule has 0 aliphatic carbocycles. The first-order valence-corrected chi connectivity index (χ1v) is 14.2. The molecule has 0 aliphatic rings. The van der Waals surface area contributed by atoms with E-state index in [4.69, 9.17) is 10.5 Å². The van der Waals surface area contributed by atoms with E-state index in [1.54, 1.807) is 18.2 Å². The molecule has 1 atom stereocenters. The second kappa shape index (κ2) is 13.8. The summed E-state index contributed by atoms with van der Waals surface area (Å²) >= 11 is 0. The molecule has 1 unspecified atom stereocenters. The van der Waals surface area contributed by atoms with Crippen LogP contribution < -0.4 is 15.8 Å². The van der Waals surface area contributed by atoms with Crippen molar-refractivity contribution in [3.63, 3.8) is 0 Å². The number of carboxylic acid groups (broad SMARTS) is 2. The van der Waals surface area contributed by atoms with Crippen molar-refractivity contribution >= 4 is 33.5 Å². The molecular formula is C25H36N4O7S. The van der Waals surface area contributed by atoms with Crippen molar-refractivity contribution in [2.45, 2.75) is 64.3 Å². The number of aromatic nitrogens is 2. The molecule has 0 saturated heterocycles. The number of nitrogens with zero attached hydrogens (tertiary/aromatic N) is 2. The number of benzene rings is 1. The number of hydrogen-bond donors (Lipinski definition) is 4. The fraction of sp³-hybridized carbons (Fsp3) is 0.520. The van der Waals surface area contributed by atoms with Crippen LogP contribution in [-0.4, -0.2) is 65.7 Å². The number of sulfone groups is 1. The highest BCUT2D eigenvalue weighted by Crippen LogP contribution is 2.29. The summed E-state index contributed by atoms with van der Waals surface area (Å²) in [6.45, 7) is 2.04. The van der Waals surface area contributed by atoms with Crippen LogP contribution in [0.3, 0.4) is 0 Å². The van der Waals surface area contributed by atoms with E-state index < -0.39 is 21.8 Å². The molecule has 11 nitrogen and oxygen atoms in total. The Hall–Kier alpha value is -3.41. The molecule has 0 spiro atoms. The maximum absolute atomic E-state index is 11.8. The number of aliphatic carboxylic acids is 2. The normalized spacial score (nSPS) is 12.2. The summed E-state index contributed by atoms with van der Waals surface area (Å²) in [6.07, 6.45) is 4.04. The lowest BCUT2D eigenvalue weighted by Gasteiger charge is -2.23. The minimum atomic E-state index is -3.18. The number of carboxylic acids is 2. The summed E-state index contributed by atoms with van der Waals surface area (Å²) in [4.78, 5) is 31.3. The van der Waals surface area contributed by atoms with E-state index in [-0.39, 0.29) is 43.4 Å². The molecule has 1 aromatic heterocycles. The van der Waals surface area contributed by atoms with Crippen LogP contribution in [-0.2, 0) is 38.7 Å². The minimum Gasteiger partial charge on any atom is -0.496 e. The van der Waals surface area contributed by atoms with E-state index in [1.165, 1.54) is 13.4 Å². The largest absolute Gasteiger partial charge is 0.496 e. The van der Waals surface area contributed by atoms with Crippen LogP contribution in [0.1, 0.15) is 61.4 Å². The highest BCUT2D eigenvalue weighted by Gasteiger charge is 2.21. The Balaban J connectivity index is 2.56. The smallest absolute Gasteiger partial charge is 0.307 e. The van der Waals surface area contributed by atoms with Gasteiger partial charge in [-0.3, -0.25) is 9.59 Å². The fourth-order valence-electron chi connectivity index (χ4n) is 4.02. The molecule has 0 bridgehead atoms. The Bertz CT molecular complexity index is 1200. The summed E-state index contributed by atoms with van der Waals surface area (Å²) in [5, 5.41) is 21.8. The average Bonchev–Trinajstić information content (AvgIpc) is 2.80. The number of ether oxygens (including phenoxy) is 1. The van der Waals surface area contributed by atoms with Gasteiger partial charge in [-0.15, -0.1) is 0 Å². The molecule has 0 aliphatic heterocycles. The van der Waals surface area contributed by atoms with Gasteiger partial charge in [-0.2, -0.15) is 4.98 Å². The number of methoxy groups -OCH3 is 1. The summed E-state index contributed by atoms with van der Waals surface area (Å²) in [7, 11) is -1.67. The summed E-state index contributed by atoms with van der Waals surface area (Å²) in [5.41, 5.74) is 8.29. The van der Waals surface area contributed by atoms with Crippen LogP contribution in [0.4, 0.5) is 11.8 Å². The molecule has 0 saturated carbocycles. The molecule has 0 amide bonds. The average molecular weight is 537 g/mol. The third-order valence-electron chi connectivity index (χ3n) is 5.84. The van der Waals surface area contributed by atoms with E-state index in [0.29, 0.717) is 46.8 Å². The zero-order chi connectivity index (χ0) is 27.6. The molecule has 2 rings (SSSR count). The maximum atomic E-state index is 11.8. The molecule has 1 aromatic carbocycles. The van der Waals surface area contributed by atoms with Gasteiger partial charge >= 0.3 is 11.9 Å². The monoisotopic (exact) mass is 536 g/mol. The lowest BCUT2D eigenvalue weighted by molar-refractivity contribution is -0.137. The summed E-state index contributed by atoms with van der Waals surface area (Å²) in [5.74, 6) is -1.07. The number of nitrogens with one attached hydrogen (secondary N) is 1. The van der Waals surface area contributed by atoms with Crippen LogP contribution >= 0.6 is 0 Å². The van der Waals surface area contributed by atoms with E-state index >= 15 is 0 Å². The van der Waals surface area contributed by atoms with Gasteiger partial charge in [0.25, 0.3) is 0 Å². The van der Waals surface area contributed by atoms with E-state index in [1.807, 2.05) is 6.92 Å². The number of anilines is 2. The molecule has 1 heterocycles.